The molecule has 1 saturated heterocycles. The first-order chi connectivity index (χ1) is 16.3. The van der Waals surface area contributed by atoms with E-state index >= 15 is 0 Å². The summed E-state index contributed by atoms with van der Waals surface area (Å²) in [5, 5.41) is 0.577. The second-order valence-electron chi connectivity index (χ2n) is 8.76. The van der Waals surface area contributed by atoms with E-state index in [9.17, 15) is 26.4 Å². The van der Waals surface area contributed by atoms with Gasteiger partial charge in [0.25, 0.3) is 5.56 Å². The van der Waals surface area contributed by atoms with Gasteiger partial charge in [-0.1, -0.05) is 23.7 Å². The highest BCUT2D eigenvalue weighted by Crippen LogP contribution is 2.21. The molecule has 2 heterocycles. The number of hydrogen-bond donors (Lipinski definition) is 0. The SMILES string of the molecule is CN(Cc1ccc(Cl)cc1)Cc1ncc(OCC2CCN(S(C)(=O)=O)CC2)c(=O)n1CC(F)(F)F. The maximum Gasteiger partial charge on any atom is 0.406 e. The molecular formula is C22H28ClF3N4O4S. The van der Waals surface area contributed by atoms with Crippen LogP contribution >= 0.6 is 11.6 Å². The van der Waals surface area contributed by atoms with Crippen LogP contribution < -0.4 is 10.3 Å². The molecule has 0 N–H and O–H groups in total. The first-order valence-corrected chi connectivity index (χ1v) is 13.2. The van der Waals surface area contributed by atoms with Crippen LogP contribution in [0.5, 0.6) is 5.75 Å². The summed E-state index contributed by atoms with van der Waals surface area (Å²) in [5.74, 6) is -0.310. The number of ether oxygens (including phenoxy) is 1. The molecule has 1 aromatic heterocycles. The summed E-state index contributed by atoms with van der Waals surface area (Å²) >= 11 is 5.89. The molecule has 8 nitrogen and oxygen atoms in total. The van der Waals surface area contributed by atoms with Crippen LogP contribution in [-0.2, 0) is 29.7 Å². The second-order valence-corrected chi connectivity index (χ2v) is 11.2. The predicted octanol–water partition coefficient (Wildman–Crippen LogP) is 3.14. The molecule has 0 radical (unpaired) electrons. The van der Waals surface area contributed by atoms with Crippen LogP contribution in [0.15, 0.2) is 35.3 Å². The number of piperidine rings is 1. The summed E-state index contributed by atoms with van der Waals surface area (Å²) in [6, 6.07) is 7.07. The summed E-state index contributed by atoms with van der Waals surface area (Å²) in [4.78, 5) is 18.7. The largest absolute Gasteiger partial charge is 0.486 e. The normalized spacial score (nSPS) is 16.1. The molecule has 0 bridgehead atoms. The number of halogens is 4. The molecule has 1 aliphatic heterocycles. The Hall–Kier alpha value is -2.15. The minimum absolute atomic E-state index is 0.0121. The summed E-state index contributed by atoms with van der Waals surface area (Å²) in [6.07, 6.45) is -1.25. The second kappa shape index (κ2) is 11.3. The summed E-state index contributed by atoms with van der Waals surface area (Å²) < 4.78 is 70.6. The number of rotatable bonds is 9. The molecule has 0 amide bonds. The lowest BCUT2D eigenvalue weighted by Crippen LogP contribution is -2.39. The molecule has 0 atom stereocenters. The minimum Gasteiger partial charge on any atom is -0.486 e. The highest BCUT2D eigenvalue weighted by Gasteiger charge is 2.31. The lowest BCUT2D eigenvalue weighted by molar-refractivity contribution is -0.142. The molecule has 194 valence electrons. The third-order valence-electron chi connectivity index (χ3n) is 5.73. The molecule has 1 aliphatic rings. The average molecular weight is 537 g/mol. The zero-order valence-electron chi connectivity index (χ0n) is 19.5. The van der Waals surface area contributed by atoms with Gasteiger partial charge in [-0.2, -0.15) is 13.2 Å². The first-order valence-electron chi connectivity index (χ1n) is 11.0. The van der Waals surface area contributed by atoms with Crippen molar-refractivity contribution in [2.45, 2.75) is 38.7 Å². The van der Waals surface area contributed by atoms with Crippen LogP contribution in [0.4, 0.5) is 13.2 Å². The van der Waals surface area contributed by atoms with Crippen LogP contribution in [0.25, 0.3) is 0 Å². The Morgan fingerprint density at radius 2 is 1.80 bits per heavy atom. The van der Waals surface area contributed by atoms with E-state index in [0.717, 1.165) is 18.0 Å². The third kappa shape index (κ3) is 8.19. The summed E-state index contributed by atoms with van der Waals surface area (Å²) in [5.41, 5.74) is 0.00397. The van der Waals surface area contributed by atoms with Gasteiger partial charge in [0.1, 0.15) is 12.4 Å². The number of benzene rings is 1. The Bertz CT molecular complexity index is 1160. The van der Waals surface area contributed by atoms with E-state index in [1.165, 1.54) is 4.31 Å². The van der Waals surface area contributed by atoms with Crippen molar-refractivity contribution < 1.29 is 26.3 Å². The maximum absolute atomic E-state index is 13.3. The lowest BCUT2D eigenvalue weighted by atomic mass is 9.99. The van der Waals surface area contributed by atoms with Gasteiger partial charge in [0.05, 0.1) is 25.6 Å². The smallest absolute Gasteiger partial charge is 0.406 e. The van der Waals surface area contributed by atoms with Crippen molar-refractivity contribution in [2.75, 3.05) is 33.0 Å². The Morgan fingerprint density at radius 1 is 1.17 bits per heavy atom. The molecule has 3 rings (SSSR count). The van der Waals surface area contributed by atoms with Gasteiger partial charge >= 0.3 is 6.18 Å². The van der Waals surface area contributed by atoms with E-state index < -0.39 is 28.3 Å². The number of aromatic nitrogens is 2. The Kier molecular flexibility index (Phi) is 8.84. The molecule has 1 fully saturated rings. The monoisotopic (exact) mass is 536 g/mol. The molecule has 0 saturated carbocycles. The Labute approximate surface area is 207 Å². The van der Waals surface area contributed by atoms with E-state index in [1.54, 1.807) is 24.1 Å². The van der Waals surface area contributed by atoms with E-state index in [2.05, 4.69) is 4.98 Å². The van der Waals surface area contributed by atoms with Crippen molar-refractivity contribution in [1.82, 2.24) is 18.8 Å². The Balaban J connectivity index is 1.70. The fourth-order valence-corrected chi connectivity index (χ4v) is 4.89. The van der Waals surface area contributed by atoms with Gasteiger partial charge in [-0.05, 0) is 43.5 Å². The van der Waals surface area contributed by atoms with Crippen molar-refractivity contribution in [1.29, 1.82) is 0 Å². The number of sulfonamides is 1. The summed E-state index contributed by atoms with van der Waals surface area (Å²) in [7, 11) is -1.56. The van der Waals surface area contributed by atoms with Gasteiger partial charge < -0.3 is 4.74 Å². The van der Waals surface area contributed by atoms with Crippen molar-refractivity contribution in [3.05, 3.63) is 57.2 Å². The van der Waals surface area contributed by atoms with Gasteiger partial charge in [0.2, 0.25) is 15.8 Å². The van der Waals surface area contributed by atoms with E-state index in [1.807, 2.05) is 12.1 Å². The molecule has 13 heteroatoms. The minimum atomic E-state index is -4.62. The molecule has 0 spiro atoms. The quantitative estimate of drug-likeness (QED) is 0.489. The average Bonchev–Trinajstić information content (AvgIpc) is 2.76. The standard InChI is InChI=1S/C22H28ClF3N4O4S/c1-28(12-16-3-5-18(23)6-4-16)13-20-27-11-19(21(31)30(20)15-22(24,25)26)34-14-17-7-9-29(10-8-17)35(2,32)33/h3-6,11,17H,7-10,12-15H2,1-2H3. The predicted molar refractivity (Wildman–Crippen MR) is 126 cm³/mol. The number of alkyl halides is 3. The highest BCUT2D eigenvalue weighted by molar-refractivity contribution is 7.88. The topological polar surface area (TPSA) is 84.7 Å². The number of hydrogen-bond acceptors (Lipinski definition) is 6. The van der Waals surface area contributed by atoms with Crippen molar-refractivity contribution in [3.8, 4) is 5.75 Å². The first kappa shape index (κ1) is 27.4. The molecule has 0 aliphatic carbocycles. The number of nitrogens with zero attached hydrogens (tertiary/aromatic N) is 4. The molecule has 2 aromatic rings. The fraction of sp³-hybridized carbons (Fsp3) is 0.545. The van der Waals surface area contributed by atoms with Crippen molar-refractivity contribution in [3.63, 3.8) is 0 Å². The zero-order chi connectivity index (χ0) is 25.8. The molecule has 35 heavy (non-hydrogen) atoms. The van der Waals surface area contributed by atoms with Crippen LogP contribution in [0.2, 0.25) is 5.02 Å². The van der Waals surface area contributed by atoms with Crippen LogP contribution in [0, 0.1) is 5.92 Å². The van der Waals surface area contributed by atoms with E-state index in [4.69, 9.17) is 16.3 Å². The van der Waals surface area contributed by atoms with Gasteiger partial charge in [-0.25, -0.2) is 17.7 Å². The van der Waals surface area contributed by atoms with Gasteiger partial charge in [-0.3, -0.25) is 14.3 Å². The molecule has 0 unspecified atom stereocenters. The van der Waals surface area contributed by atoms with Gasteiger partial charge in [0, 0.05) is 24.7 Å². The van der Waals surface area contributed by atoms with Gasteiger partial charge in [-0.15, -0.1) is 0 Å². The third-order valence-corrected chi connectivity index (χ3v) is 7.29. The lowest BCUT2D eigenvalue weighted by Gasteiger charge is -2.30. The summed E-state index contributed by atoms with van der Waals surface area (Å²) in [6.45, 7) is -0.282. The fourth-order valence-electron chi connectivity index (χ4n) is 3.89. The zero-order valence-corrected chi connectivity index (χ0v) is 21.0. The van der Waals surface area contributed by atoms with Crippen LogP contribution in [0.1, 0.15) is 24.2 Å². The van der Waals surface area contributed by atoms with E-state index in [-0.39, 0.29) is 30.6 Å². The molecule has 1 aromatic carbocycles. The highest BCUT2D eigenvalue weighted by atomic mass is 35.5. The maximum atomic E-state index is 13.3. The van der Waals surface area contributed by atoms with E-state index in [0.29, 0.717) is 42.1 Å². The van der Waals surface area contributed by atoms with Crippen LogP contribution in [-0.4, -0.2) is 66.4 Å². The van der Waals surface area contributed by atoms with Crippen LogP contribution in [0.3, 0.4) is 0 Å². The van der Waals surface area contributed by atoms with Crippen molar-refractivity contribution in [2.24, 2.45) is 5.92 Å². The van der Waals surface area contributed by atoms with Crippen molar-refractivity contribution >= 4 is 21.6 Å². The Morgan fingerprint density at radius 3 is 2.37 bits per heavy atom. The van der Waals surface area contributed by atoms with Gasteiger partial charge in [0.15, 0.2) is 0 Å². The molecular weight excluding hydrogens is 509 g/mol.